The van der Waals surface area contributed by atoms with Crippen molar-refractivity contribution in [3.05, 3.63) is 34.5 Å². The van der Waals surface area contributed by atoms with Gasteiger partial charge in [0.25, 0.3) is 0 Å². The molecule has 0 aliphatic heterocycles. The third-order valence-electron chi connectivity index (χ3n) is 2.26. The highest BCUT2D eigenvalue weighted by Gasteiger charge is 2.16. The maximum absolute atomic E-state index is 10.7. The molecule has 6 heteroatoms. The number of benzene rings is 1. The van der Waals surface area contributed by atoms with Gasteiger partial charge >= 0.3 is 5.97 Å². The largest absolute Gasteiger partial charge is 0.507 e. The summed E-state index contributed by atoms with van der Waals surface area (Å²) in [7, 11) is 0. The molecule has 0 fully saturated rings. The van der Waals surface area contributed by atoms with E-state index in [-0.39, 0.29) is 17.2 Å². The smallest absolute Gasteiger partial charge is 0.358 e. The van der Waals surface area contributed by atoms with Crippen LogP contribution >= 0.6 is 11.6 Å². The van der Waals surface area contributed by atoms with Crippen molar-refractivity contribution in [1.82, 2.24) is 5.16 Å². The van der Waals surface area contributed by atoms with Crippen molar-refractivity contribution in [1.29, 1.82) is 0 Å². The number of hydrogen-bond donors (Lipinski definition) is 2. The molecule has 2 N–H and O–H groups in total. The van der Waals surface area contributed by atoms with Gasteiger partial charge in [0.1, 0.15) is 5.75 Å². The molecular formula is C11H8ClNO4. The summed E-state index contributed by atoms with van der Waals surface area (Å²) >= 11 is 5.85. The number of rotatable bonds is 2. The molecule has 88 valence electrons. The molecule has 0 saturated heterocycles. The topological polar surface area (TPSA) is 83.6 Å². The normalized spacial score (nSPS) is 10.5. The predicted octanol–water partition coefficient (Wildman–Crippen LogP) is 2.71. The fourth-order valence-corrected chi connectivity index (χ4v) is 1.70. The molecule has 0 spiro atoms. The van der Waals surface area contributed by atoms with Crippen LogP contribution in [0.5, 0.6) is 5.75 Å². The van der Waals surface area contributed by atoms with E-state index in [1.54, 1.807) is 13.0 Å². The lowest BCUT2D eigenvalue weighted by Gasteiger charge is -2.04. The molecule has 0 unspecified atom stereocenters. The van der Waals surface area contributed by atoms with Crippen LogP contribution in [-0.2, 0) is 0 Å². The molecule has 5 nitrogen and oxygen atoms in total. The van der Waals surface area contributed by atoms with Gasteiger partial charge in [-0.25, -0.2) is 4.79 Å². The van der Waals surface area contributed by atoms with Crippen molar-refractivity contribution < 1.29 is 19.5 Å². The molecule has 1 aromatic carbocycles. The third kappa shape index (κ3) is 2.09. The first kappa shape index (κ1) is 11.5. The second-order valence-corrected chi connectivity index (χ2v) is 3.94. The number of aromatic nitrogens is 1. The molecule has 1 heterocycles. The fraction of sp³-hybridized carbons (Fsp3) is 0.0909. The Balaban J connectivity index is 2.56. The maximum atomic E-state index is 10.7. The van der Waals surface area contributed by atoms with Crippen LogP contribution in [0.15, 0.2) is 22.7 Å². The number of aromatic hydroxyl groups is 1. The van der Waals surface area contributed by atoms with Gasteiger partial charge in [-0.3, -0.25) is 0 Å². The minimum absolute atomic E-state index is 0.0116. The number of carboxylic acids is 1. The summed E-state index contributed by atoms with van der Waals surface area (Å²) in [6.45, 7) is 1.68. The second-order valence-electron chi connectivity index (χ2n) is 3.50. The quantitative estimate of drug-likeness (QED) is 0.860. The lowest BCUT2D eigenvalue weighted by molar-refractivity contribution is 0.0686. The molecule has 0 saturated carbocycles. The molecule has 0 aliphatic carbocycles. The van der Waals surface area contributed by atoms with E-state index in [0.717, 1.165) is 0 Å². The van der Waals surface area contributed by atoms with Gasteiger partial charge in [-0.05, 0) is 24.6 Å². The lowest BCUT2D eigenvalue weighted by atomic mass is 10.1. The van der Waals surface area contributed by atoms with E-state index in [0.29, 0.717) is 16.1 Å². The summed E-state index contributed by atoms with van der Waals surface area (Å²) in [4.78, 5) is 10.7. The Morgan fingerprint density at radius 1 is 1.41 bits per heavy atom. The molecule has 0 bridgehead atoms. The number of aromatic carboxylic acids is 1. The highest BCUT2D eigenvalue weighted by molar-refractivity contribution is 6.31. The fourth-order valence-electron chi connectivity index (χ4n) is 1.43. The van der Waals surface area contributed by atoms with Crippen molar-refractivity contribution in [2.24, 2.45) is 0 Å². The number of hydrogen-bond acceptors (Lipinski definition) is 4. The summed E-state index contributed by atoms with van der Waals surface area (Å²) in [5.74, 6) is -1.05. The Morgan fingerprint density at radius 3 is 2.71 bits per heavy atom. The number of phenols is 1. The first-order chi connectivity index (χ1) is 7.99. The summed E-state index contributed by atoms with van der Waals surface area (Å²) in [5, 5.41) is 22.3. The Bertz CT molecular complexity index is 591. The van der Waals surface area contributed by atoms with E-state index < -0.39 is 5.97 Å². The van der Waals surface area contributed by atoms with Gasteiger partial charge in [0.2, 0.25) is 0 Å². The van der Waals surface area contributed by atoms with Crippen LogP contribution in [0.4, 0.5) is 0 Å². The number of carbonyl (C=O) groups is 1. The first-order valence-corrected chi connectivity index (χ1v) is 5.06. The zero-order chi connectivity index (χ0) is 12.6. The summed E-state index contributed by atoms with van der Waals surface area (Å²) in [6.07, 6.45) is 0. The Morgan fingerprint density at radius 2 is 2.12 bits per heavy atom. The average Bonchev–Trinajstić information content (AvgIpc) is 2.72. The molecule has 0 amide bonds. The summed E-state index contributed by atoms with van der Waals surface area (Å²) < 4.78 is 4.85. The van der Waals surface area contributed by atoms with Crippen LogP contribution in [0.3, 0.4) is 0 Å². The van der Waals surface area contributed by atoms with Crippen molar-refractivity contribution in [3.63, 3.8) is 0 Å². The van der Waals surface area contributed by atoms with Gasteiger partial charge in [-0.15, -0.1) is 0 Å². The number of nitrogens with zero attached hydrogens (tertiary/aromatic N) is 1. The SMILES string of the molecule is Cc1cc(Cl)cc(-c2cc(C(=O)O)no2)c1O. The lowest BCUT2D eigenvalue weighted by Crippen LogP contribution is -1.94. The Labute approximate surface area is 101 Å². The zero-order valence-electron chi connectivity index (χ0n) is 8.77. The van der Waals surface area contributed by atoms with Crippen molar-refractivity contribution >= 4 is 17.6 Å². The first-order valence-electron chi connectivity index (χ1n) is 4.68. The van der Waals surface area contributed by atoms with Crippen LogP contribution in [0.2, 0.25) is 5.02 Å². The van der Waals surface area contributed by atoms with Gasteiger partial charge in [0.05, 0.1) is 5.56 Å². The monoisotopic (exact) mass is 253 g/mol. The molecular weight excluding hydrogens is 246 g/mol. The highest BCUT2D eigenvalue weighted by atomic mass is 35.5. The number of halogens is 1. The van der Waals surface area contributed by atoms with Crippen LogP contribution in [0.25, 0.3) is 11.3 Å². The summed E-state index contributed by atoms with van der Waals surface area (Å²) in [5.41, 5.74) is 0.660. The molecule has 0 radical (unpaired) electrons. The van der Waals surface area contributed by atoms with Crippen LogP contribution < -0.4 is 0 Å². The van der Waals surface area contributed by atoms with E-state index in [2.05, 4.69) is 5.16 Å². The molecule has 2 aromatic rings. The van der Waals surface area contributed by atoms with Crippen molar-refractivity contribution in [3.8, 4) is 17.1 Å². The van der Waals surface area contributed by atoms with E-state index in [1.807, 2.05) is 0 Å². The number of phenolic OH excluding ortho intramolecular Hbond substituents is 1. The molecule has 0 atom stereocenters. The molecule has 2 rings (SSSR count). The number of aryl methyl sites for hydroxylation is 1. The average molecular weight is 254 g/mol. The minimum atomic E-state index is -1.20. The summed E-state index contributed by atoms with van der Waals surface area (Å²) in [6, 6.07) is 4.30. The molecule has 1 aromatic heterocycles. The zero-order valence-corrected chi connectivity index (χ0v) is 9.52. The van der Waals surface area contributed by atoms with E-state index in [4.69, 9.17) is 21.2 Å². The van der Waals surface area contributed by atoms with Gasteiger partial charge in [-0.1, -0.05) is 16.8 Å². The Kier molecular flexibility index (Phi) is 2.77. The standard InChI is InChI=1S/C11H8ClNO4/c1-5-2-6(12)3-7(10(5)14)9-4-8(11(15)16)13-17-9/h2-4,14H,1H3,(H,15,16). The molecule has 17 heavy (non-hydrogen) atoms. The highest BCUT2D eigenvalue weighted by Crippen LogP contribution is 2.35. The predicted molar refractivity (Wildman–Crippen MR) is 60.3 cm³/mol. The van der Waals surface area contributed by atoms with Gasteiger partial charge < -0.3 is 14.7 Å². The minimum Gasteiger partial charge on any atom is -0.507 e. The van der Waals surface area contributed by atoms with Crippen LogP contribution in [-0.4, -0.2) is 21.3 Å². The van der Waals surface area contributed by atoms with Crippen LogP contribution in [0, 0.1) is 6.92 Å². The van der Waals surface area contributed by atoms with Gasteiger partial charge in [0, 0.05) is 11.1 Å². The maximum Gasteiger partial charge on any atom is 0.358 e. The van der Waals surface area contributed by atoms with E-state index >= 15 is 0 Å². The van der Waals surface area contributed by atoms with Crippen LogP contribution in [0.1, 0.15) is 16.1 Å². The molecule has 0 aliphatic rings. The van der Waals surface area contributed by atoms with Gasteiger partial charge in [0.15, 0.2) is 11.5 Å². The second kappa shape index (κ2) is 4.10. The van der Waals surface area contributed by atoms with E-state index in [1.165, 1.54) is 12.1 Å². The number of carboxylic acid groups (broad SMARTS) is 1. The van der Waals surface area contributed by atoms with Crippen molar-refractivity contribution in [2.45, 2.75) is 6.92 Å². The third-order valence-corrected chi connectivity index (χ3v) is 2.48. The van der Waals surface area contributed by atoms with Crippen molar-refractivity contribution in [2.75, 3.05) is 0 Å². The Hall–Kier alpha value is -2.01. The van der Waals surface area contributed by atoms with E-state index in [9.17, 15) is 9.90 Å². The van der Waals surface area contributed by atoms with Gasteiger partial charge in [-0.2, -0.15) is 0 Å².